The molecule has 0 aliphatic carbocycles. The lowest BCUT2D eigenvalue weighted by molar-refractivity contribution is -0.119. The number of halogens is 1. The molecule has 0 heterocycles. The summed E-state index contributed by atoms with van der Waals surface area (Å²) in [6.45, 7) is 3.35. The zero-order valence-electron chi connectivity index (χ0n) is 13.9. The van der Waals surface area contributed by atoms with Gasteiger partial charge in [0.1, 0.15) is 0 Å². The van der Waals surface area contributed by atoms with E-state index < -0.39 is 12.1 Å². The van der Waals surface area contributed by atoms with Crippen molar-refractivity contribution < 1.29 is 19.1 Å². The Hall–Kier alpha value is -2.66. The zero-order valence-corrected chi connectivity index (χ0v) is 14.7. The van der Waals surface area contributed by atoms with Gasteiger partial charge in [0, 0.05) is 24.1 Å². The Kier molecular flexibility index (Phi) is 6.31. The van der Waals surface area contributed by atoms with Crippen LogP contribution in [0.2, 0.25) is 5.02 Å². The van der Waals surface area contributed by atoms with E-state index >= 15 is 0 Å². The van der Waals surface area contributed by atoms with Crippen molar-refractivity contribution in [2.45, 2.75) is 26.5 Å². The van der Waals surface area contributed by atoms with E-state index in [0.29, 0.717) is 22.7 Å². The van der Waals surface area contributed by atoms with Crippen LogP contribution >= 0.6 is 11.6 Å². The van der Waals surface area contributed by atoms with Gasteiger partial charge in [-0.15, -0.1) is 0 Å². The van der Waals surface area contributed by atoms with E-state index in [1.54, 1.807) is 48.5 Å². The Labute approximate surface area is 150 Å². The van der Waals surface area contributed by atoms with Gasteiger partial charge in [0.25, 0.3) is 0 Å². The second-order valence-corrected chi connectivity index (χ2v) is 5.96. The number of nitrogens with one attached hydrogen (secondary N) is 1. The highest BCUT2D eigenvalue weighted by atomic mass is 35.5. The minimum atomic E-state index is -0.910. The molecule has 1 unspecified atom stereocenters. The number of hydrogen-bond donors (Lipinski definition) is 1. The van der Waals surface area contributed by atoms with Gasteiger partial charge in [-0.1, -0.05) is 23.7 Å². The lowest BCUT2D eigenvalue weighted by Crippen LogP contribution is -2.24. The summed E-state index contributed by atoms with van der Waals surface area (Å²) in [6, 6.07) is 13.0. The molecule has 2 aromatic rings. The Bertz CT molecular complexity index is 769. The van der Waals surface area contributed by atoms with Gasteiger partial charge in [-0.3, -0.25) is 9.59 Å². The van der Waals surface area contributed by atoms with Crippen LogP contribution in [-0.2, 0) is 16.1 Å². The van der Waals surface area contributed by atoms with Gasteiger partial charge in [-0.25, -0.2) is 4.79 Å². The maximum absolute atomic E-state index is 12.3. The molecule has 0 saturated heterocycles. The van der Waals surface area contributed by atoms with Crippen LogP contribution in [0.3, 0.4) is 0 Å². The van der Waals surface area contributed by atoms with Crippen LogP contribution in [0.25, 0.3) is 0 Å². The monoisotopic (exact) mass is 359 g/mol. The molecule has 1 atom stereocenters. The number of esters is 1. The van der Waals surface area contributed by atoms with Crippen molar-refractivity contribution in [1.29, 1.82) is 0 Å². The summed E-state index contributed by atoms with van der Waals surface area (Å²) in [7, 11) is 0. The van der Waals surface area contributed by atoms with Gasteiger partial charge in [0.05, 0.1) is 5.56 Å². The molecule has 0 aliphatic heterocycles. The normalized spacial score (nSPS) is 11.5. The highest BCUT2D eigenvalue weighted by Crippen LogP contribution is 2.14. The molecule has 0 aliphatic rings. The quantitative estimate of drug-likeness (QED) is 0.633. The van der Waals surface area contributed by atoms with Crippen molar-refractivity contribution in [3.05, 3.63) is 70.2 Å². The minimum Gasteiger partial charge on any atom is -0.451 e. The fraction of sp³-hybridized carbons (Fsp3) is 0.211. The molecule has 0 spiro atoms. The molecular weight excluding hydrogens is 342 g/mol. The molecule has 0 radical (unpaired) electrons. The van der Waals surface area contributed by atoms with E-state index in [9.17, 15) is 14.4 Å². The second kappa shape index (κ2) is 8.44. The number of carbonyl (C=O) groups excluding carboxylic acids is 3. The molecule has 0 bridgehead atoms. The maximum atomic E-state index is 12.3. The molecule has 2 aromatic carbocycles. The van der Waals surface area contributed by atoms with Crippen LogP contribution in [0.5, 0.6) is 0 Å². The summed E-state index contributed by atoms with van der Waals surface area (Å²) in [4.78, 5) is 35.3. The molecule has 1 amide bonds. The lowest BCUT2D eigenvalue weighted by atomic mass is 10.1. The Morgan fingerprint density at radius 2 is 1.56 bits per heavy atom. The van der Waals surface area contributed by atoms with Crippen molar-refractivity contribution >= 4 is 29.3 Å². The first-order valence-corrected chi connectivity index (χ1v) is 8.09. The van der Waals surface area contributed by atoms with Crippen LogP contribution in [0.1, 0.15) is 40.1 Å². The third-order valence-electron chi connectivity index (χ3n) is 3.51. The van der Waals surface area contributed by atoms with Crippen LogP contribution < -0.4 is 5.32 Å². The van der Waals surface area contributed by atoms with Crippen molar-refractivity contribution in [3.63, 3.8) is 0 Å². The molecule has 0 fully saturated rings. The van der Waals surface area contributed by atoms with E-state index in [4.69, 9.17) is 16.3 Å². The number of rotatable bonds is 6. The van der Waals surface area contributed by atoms with E-state index in [2.05, 4.69) is 5.32 Å². The molecule has 6 heteroatoms. The van der Waals surface area contributed by atoms with E-state index in [1.165, 1.54) is 13.8 Å². The summed E-state index contributed by atoms with van der Waals surface area (Å²) in [6.07, 6.45) is -0.910. The molecule has 0 aromatic heterocycles. The first-order valence-electron chi connectivity index (χ1n) is 7.71. The number of carbonyl (C=O) groups is 3. The number of amides is 1. The topological polar surface area (TPSA) is 72.5 Å². The molecule has 130 valence electrons. The van der Waals surface area contributed by atoms with Gasteiger partial charge in [-0.05, 0) is 48.9 Å². The smallest absolute Gasteiger partial charge is 0.338 e. The average molecular weight is 360 g/mol. The van der Waals surface area contributed by atoms with Crippen molar-refractivity contribution in [1.82, 2.24) is 5.32 Å². The molecule has 2 rings (SSSR count). The highest BCUT2D eigenvalue weighted by molar-refractivity contribution is 6.30. The standard InChI is InChI=1S/C19H18ClNO4/c1-12(18(23)15-7-9-17(20)10-8-15)25-19(24)16-5-3-14(4-6-16)11-21-13(2)22/h3-10,12H,11H2,1-2H3,(H,21,22). The predicted octanol–water partition coefficient (Wildman–Crippen LogP) is 3.40. The lowest BCUT2D eigenvalue weighted by Gasteiger charge is -2.13. The molecule has 25 heavy (non-hydrogen) atoms. The van der Waals surface area contributed by atoms with Gasteiger partial charge in [0.15, 0.2) is 6.10 Å². The van der Waals surface area contributed by atoms with E-state index in [1.807, 2.05) is 0 Å². The summed E-state index contributed by atoms with van der Waals surface area (Å²) in [5.41, 5.74) is 1.62. The van der Waals surface area contributed by atoms with Gasteiger partial charge in [-0.2, -0.15) is 0 Å². The predicted molar refractivity (Wildman–Crippen MR) is 94.6 cm³/mol. The summed E-state index contributed by atoms with van der Waals surface area (Å²) < 4.78 is 5.23. The molecule has 0 saturated carbocycles. The molecule has 5 nitrogen and oxygen atoms in total. The van der Waals surface area contributed by atoms with Gasteiger partial charge >= 0.3 is 5.97 Å². The zero-order chi connectivity index (χ0) is 18.4. The highest BCUT2D eigenvalue weighted by Gasteiger charge is 2.20. The van der Waals surface area contributed by atoms with Crippen LogP contribution in [0.4, 0.5) is 0 Å². The largest absolute Gasteiger partial charge is 0.451 e. The second-order valence-electron chi connectivity index (χ2n) is 5.53. The summed E-state index contributed by atoms with van der Waals surface area (Å²) >= 11 is 5.79. The van der Waals surface area contributed by atoms with Gasteiger partial charge < -0.3 is 10.1 Å². The average Bonchev–Trinajstić information content (AvgIpc) is 2.60. The van der Waals surface area contributed by atoms with E-state index in [0.717, 1.165) is 5.56 Å². The summed E-state index contributed by atoms with van der Waals surface area (Å²) in [5.74, 6) is -1.01. The van der Waals surface area contributed by atoms with E-state index in [-0.39, 0.29) is 11.7 Å². The number of ether oxygens (including phenoxy) is 1. The third-order valence-corrected chi connectivity index (χ3v) is 3.76. The van der Waals surface area contributed by atoms with Crippen molar-refractivity contribution in [2.24, 2.45) is 0 Å². The Balaban J connectivity index is 1.97. The molecular formula is C19H18ClNO4. The fourth-order valence-corrected chi connectivity index (χ4v) is 2.24. The maximum Gasteiger partial charge on any atom is 0.338 e. The summed E-state index contributed by atoms with van der Waals surface area (Å²) in [5, 5.41) is 3.20. The first-order chi connectivity index (χ1) is 11.9. The first kappa shape index (κ1) is 18.7. The SMILES string of the molecule is CC(=O)NCc1ccc(C(=O)OC(C)C(=O)c2ccc(Cl)cc2)cc1. The number of Topliss-reactive ketones (excluding diaryl/α,β-unsaturated/α-hetero) is 1. The number of benzene rings is 2. The number of ketones is 1. The number of hydrogen-bond acceptors (Lipinski definition) is 4. The Morgan fingerprint density at radius 3 is 2.12 bits per heavy atom. The minimum absolute atomic E-state index is 0.127. The molecule has 1 N–H and O–H groups in total. The van der Waals surface area contributed by atoms with Crippen LogP contribution in [0, 0.1) is 0 Å². The van der Waals surface area contributed by atoms with Crippen LogP contribution in [0.15, 0.2) is 48.5 Å². The van der Waals surface area contributed by atoms with Gasteiger partial charge in [0.2, 0.25) is 11.7 Å². The van der Waals surface area contributed by atoms with Crippen molar-refractivity contribution in [2.75, 3.05) is 0 Å². The van der Waals surface area contributed by atoms with Crippen LogP contribution in [-0.4, -0.2) is 23.8 Å². The fourth-order valence-electron chi connectivity index (χ4n) is 2.12. The van der Waals surface area contributed by atoms with Crippen molar-refractivity contribution in [3.8, 4) is 0 Å². The third kappa shape index (κ3) is 5.43. The Morgan fingerprint density at radius 1 is 1.00 bits per heavy atom.